The van der Waals surface area contributed by atoms with Gasteiger partial charge in [0.05, 0.1) is 6.04 Å². The second kappa shape index (κ2) is 8.57. The van der Waals surface area contributed by atoms with E-state index in [9.17, 15) is 0 Å². The number of fused-ring (bicyclic) bond motifs is 3. The highest BCUT2D eigenvalue weighted by Crippen LogP contribution is 2.45. The van der Waals surface area contributed by atoms with Gasteiger partial charge in [-0.15, -0.1) is 11.3 Å². The molecule has 0 aliphatic rings. The molecule has 0 spiro atoms. The van der Waals surface area contributed by atoms with Gasteiger partial charge in [0.25, 0.3) is 0 Å². The molecule has 1 aromatic heterocycles. The maximum Gasteiger partial charge on any atom is 0.0551 e. The molecule has 1 unspecified atom stereocenters. The Balaban J connectivity index is 1.58. The summed E-state index contributed by atoms with van der Waals surface area (Å²) in [6, 6.07) is 41.0. The highest BCUT2D eigenvalue weighted by Gasteiger charge is 2.17. The minimum Gasteiger partial charge on any atom is -0.320 e. The number of benzene rings is 5. The summed E-state index contributed by atoms with van der Waals surface area (Å²) < 4.78 is 2.66. The summed E-state index contributed by atoms with van der Waals surface area (Å²) in [4.78, 5) is 0. The highest BCUT2D eigenvalue weighted by molar-refractivity contribution is 7.26. The quantitative estimate of drug-likeness (QED) is 0.282. The molecule has 5 aromatic carbocycles. The number of aryl methyl sites for hydroxylation is 1. The predicted octanol–water partition coefficient (Wildman–Crippen LogP) is 8.75. The number of hydrogen-bond donors (Lipinski definition) is 1. The van der Waals surface area contributed by atoms with E-state index in [0.29, 0.717) is 0 Å². The summed E-state index contributed by atoms with van der Waals surface area (Å²) in [5, 5.41) is 2.64. The number of nitrogens with two attached hydrogens (primary N) is 1. The lowest BCUT2D eigenvalue weighted by Crippen LogP contribution is -2.11. The molecule has 2 heteroatoms. The molecule has 6 aromatic rings. The van der Waals surface area contributed by atoms with E-state index in [4.69, 9.17) is 5.73 Å². The van der Waals surface area contributed by atoms with Crippen LogP contribution in [0.25, 0.3) is 42.4 Å². The Morgan fingerprint density at radius 2 is 1.35 bits per heavy atom. The zero-order chi connectivity index (χ0) is 23.1. The maximum atomic E-state index is 6.67. The van der Waals surface area contributed by atoms with Gasteiger partial charge in [0.2, 0.25) is 0 Å². The molecule has 0 aliphatic heterocycles. The van der Waals surface area contributed by atoms with Crippen LogP contribution in [0.3, 0.4) is 0 Å². The van der Waals surface area contributed by atoms with Crippen molar-refractivity contribution in [3.63, 3.8) is 0 Å². The van der Waals surface area contributed by atoms with Crippen LogP contribution in [0.1, 0.15) is 22.7 Å². The van der Waals surface area contributed by atoms with Gasteiger partial charge in [-0.1, -0.05) is 109 Å². The van der Waals surface area contributed by atoms with Gasteiger partial charge < -0.3 is 5.73 Å². The molecule has 0 aliphatic carbocycles. The molecular formula is C32H25NS. The average molecular weight is 456 g/mol. The van der Waals surface area contributed by atoms with Crippen LogP contribution < -0.4 is 5.73 Å². The largest absolute Gasteiger partial charge is 0.320 e. The van der Waals surface area contributed by atoms with Crippen molar-refractivity contribution in [2.24, 2.45) is 5.73 Å². The van der Waals surface area contributed by atoms with Crippen molar-refractivity contribution in [2.45, 2.75) is 13.0 Å². The van der Waals surface area contributed by atoms with Crippen LogP contribution in [-0.2, 0) is 0 Å². The molecule has 1 nitrogen and oxygen atoms in total. The summed E-state index contributed by atoms with van der Waals surface area (Å²) in [5.74, 6) is 0. The van der Waals surface area contributed by atoms with E-state index in [-0.39, 0.29) is 6.04 Å². The van der Waals surface area contributed by atoms with Crippen LogP contribution in [0.5, 0.6) is 0 Å². The third-order valence-corrected chi connectivity index (χ3v) is 7.81. The second-order valence-corrected chi connectivity index (χ2v) is 9.90. The van der Waals surface area contributed by atoms with Crippen LogP contribution in [0.15, 0.2) is 115 Å². The summed E-state index contributed by atoms with van der Waals surface area (Å²) in [5.41, 5.74) is 15.2. The third kappa shape index (κ3) is 3.62. The SMILES string of the molecule is Cc1ccc(-c2c(-c3cccc(C(N)c4ccccc4)c3)ccc3c2sc2ccccc23)cc1. The second-order valence-electron chi connectivity index (χ2n) is 8.84. The first-order valence-corrected chi connectivity index (χ1v) is 12.4. The van der Waals surface area contributed by atoms with E-state index in [1.807, 2.05) is 29.5 Å². The van der Waals surface area contributed by atoms with Gasteiger partial charge in [-0.2, -0.15) is 0 Å². The summed E-state index contributed by atoms with van der Waals surface area (Å²) >= 11 is 1.88. The van der Waals surface area contributed by atoms with Crippen molar-refractivity contribution in [3.8, 4) is 22.3 Å². The fraction of sp³-hybridized carbons (Fsp3) is 0.0625. The Kier molecular flexibility index (Phi) is 5.26. The zero-order valence-electron chi connectivity index (χ0n) is 19.0. The first-order valence-electron chi connectivity index (χ1n) is 11.6. The monoisotopic (exact) mass is 455 g/mol. The molecule has 2 N–H and O–H groups in total. The molecular weight excluding hydrogens is 430 g/mol. The molecule has 0 saturated heterocycles. The molecule has 0 bridgehead atoms. The lowest BCUT2D eigenvalue weighted by atomic mass is 9.90. The van der Waals surface area contributed by atoms with Crippen molar-refractivity contribution >= 4 is 31.5 Å². The number of hydrogen-bond acceptors (Lipinski definition) is 2. The molecule has 164 valence electrons. The van der Waals surface area contributed by atoms with Crippen LogP contribution in [0.4, 0.5) is 0 Å². The van der Waals surface area contributed by atoms with Crippen LogP contribution >= 0.6 is 11.3 Å². The van der Waals surface area contributed by atoms with Crippen molar-refractivity contribution in [2.75, 3.05) is 0 Å². The van der Waals surface area contributed by atoms with Crippen LogP contribution in [0, 0.1) is 6.92 Å². The van der Waals surface area contributed by atoms with E-state index in [1.54, 1.807) is 0 Å². The topological polar surface area (TPSA) is 26.0 Å². The molecule has 0 fully saturated rings. The smallest absolute Gasteiger partial charge is 0.0551 e. The van der Waals surface area contributed by atoms with Gasteiger partial charge in [-0.05, 0) is 46.9 Å². The van der Waals surface area contributed by atoms with Crippen molar-refractivity contribution in [3.05, 3.63) is 132 Å². The Morgan fingerprint density at radius 3 is 2.18 bits per heavy atom. The Labute approximate surface area is 204 Å². The highest BCUT2D eigenvalue weighted by atomic mass is 32.1. The Bertz CT molecular complexity index is 1610. The van der Waals surface area contributed by atoms with E-state index in [1.165, 1.54) is 48.0 Å². The Hall–Kier alpha value is -3.72. The van der Waals surface area contributed by atoms with Crippen LogP contribution in [0.2, 0.25) is 0 Å². The normalized spacial score (nSPS) is 12.3. The first-order chi connectivity index (χ1) is 16.7. The van der Waals surface area contributed by atoms with Gasteiger partial charge in [0.1, 0.15) is 0 Å². The molecule has 6 rings (SSSR count). The van der Waals surface area contributed by atoms with E-state index in [0.717, 1.165) is 11.1 Å². The van der Waals surface area contributed by atoms with Crippen molar-refractivity contribution in [1.29, 1.82) is 0 Å². The number of thiophene rings is 1. The Morgan fingerprint density at radius 1 is 0.618 bits per heavy atom. The maximum absolute atomic E-state index is 6.67. The standard InChI is InChI=1S/C32H25NS/c1-21-14-16-22(17-15-21)30-26(18-19-28-27-12-5-6-13-29(27)34-32(28)30)24-10-7-11-25(20-24)31(33)23-8-3-2-4-9-23/h2-20,31H,33H2,1H3. The summed E-state index contributed by atoms with van der Waals surface area (Å²) in [6.45, 7) is 2.14. The van der Waals surface area contributed by atoms with Crippen molar-refractivity contribution in [1.82, 2.24) is 0 Å². The van der Waals surface area contributed by atoms with Gasteiger partial charge in [-0.25, -0.2) is 0 Å². The van der Waals surface area contributed by atoms with E-state index >= 15 is 0 Å². The fourth-order valence-corrected chi connectivity index (χ4v) is 6.06. The van der Waals surface area contributed by atoms with E-state index < -0.39 is 0 Å². The van der Waals surface area contributed by atoms with Crippen LogP contribution in [-0.4, -0.2) is 0 Å². The van der Waals surface area contributed by atoms with Gasteiger partial charge >= 0.3 is 0 Å². The first kappa shape index (κ1) is 20.9. The number of rotatable bonds is 4. The molecule has 34 heavy (non-hydrogen) atoms. The van der Waals surface area contributed by atoms with Gasteiger partial charge in [0.15, 0.2) is 0 Å². The lowest BCUT2D eigenvalue weighted by molar-refractivity contribution is 0.872. The summed E-state index contributed by atoms with van der Waals surface area (Å²) in [7, 11) is 0. The minimum absolute atomic E-state index is 0.156. The summed E-state index contributed by atoms with van der Waals surface area (Å²) in [6.07, 6.45) is 0. The van der Waals surface area contributed by atoms with E-state index in [2.05, 4.69) is 104 Å². The zero-order valence-corrected chi connectivity index (χ0v) is 19.8. The lowest BCUT2D eigenvalue weighted by Gasteiger charge is -2.16. The molecule has 0 saturated carbocycles. The van der Waals surface area contributed by atoms with Crippen molar-refractivity contribution < 1.29 is 0 Å². The predicted molar refractivity (Wildman–Crippen MR) is 147 cm³/mol. The third-order valence-electron chi connectivity index (χ3n) is 6.60. The molecule has 1 heterocycles. The molecule has 1 atom stereocenters. The fourth-order valence-electron chi connectivity index (χ4n) is 4.79. The van der Waals surface area contributed by atoms with Gasteiger partial charge in [0, 0.05) is 25.7 Å². The minimum atomic E-state index is -0.156. The molecule has 0 radical (unpaired) electrons. The van der Waals surface area contributed by atoms with Gasteiger partial charge in [-0.3, -0.25) is 0 Å². The molecule has 0 amide bonds. The average Bonchev–Trinajstić information content (AvgIpc) is 3.28.